The number of nitrogens with zero attached hydrogens (tertiary/aromatic N) is 6. The largest absolute Gasteiger partial charge is 0.309 e. The topological polar surface area (TPSA) is 61.4 Å². The summed E-state index contributed by atoms with van der Waals surface area (Å²) in [7, 11) is 0. The standard InChI is InChI=1S/C68H44N6/c1-4-20-45(21-5-1)66-50(30-18-40-69-66)48-36-38-54-52-26-10-14-32-60(52)73(64(54)42-48)62-34-16-12-28-56(62)58-44-59(72-68(71-58)47-24-8-3-9-25-47)57-29-13-17-35-63(57)74-61-33-15-11-27-53(61)55-39-37-49(43-65(55)74)51-31-19-41-70-67(51)46-22-6-2-7-23-46/h1-44H. The summed E-state index contributed by atoms with van der Waals surface area (Å²) in [6.07, 6.45) is 3.75. The molecule has 0 unspecified atom stereocenters. The van der Waals surface area contributed by atoms with Crippen LogP contribution in [0.2, 0.25) is 0 Å². The van der Waals surface area contributed by atoms with Crippen LogP contribution in [0.15, 0.2) is 267 Å². The van der Waals surface area contributed by atoms with Gasteiger partial charge in [-0.15, -0.1) is 0 Å². The number of hydrogen-bond acceptors (Lipinski definition) is 4. The Kier molecular flexibility index (Phi) is 10.4. The molecule has 0 aliphatic rings. The summed E-state index contributed by atoms with van der Waals surface area (Å²) in [5.41, 5.74) is 19.4. The van der Waals surface area contributed by atoms with Crippen LogP contribution in [-0.2, 0) is 0 Å². The van der Waals surface area contributed by atoms with Crippen LogP contribution < -0.4 is 0 Å². The zero-order valence-electron chi connectivity index (χ0n) is 40.1. The summed E-state index contributed by atoms with van der Waals surface area (Å²) >= 11 is 0. The maximum absolute atomic E-state index is 5.47. The number of rotatable bonds is 9. The molecular weight excluding hydrogens is 901 g/mol. The summed E-state index contributed by atoms with van der Waals surface area (Å²) < 4.78 is 4.81. The molecule has 14 rings (SSSR count). The van der Waals surface area contributed by atoms with E-state index in [1.807, 2.05) is 42.7 Å². The fourth-order valence-electron chi connectivity index (χ4n) is 10.9. The number of pyridine rings is 2. The van der Waals surface area contributed by atoms with Crippen molar-refractivity contribution < 1.29 is 0 Å². The minimum Gasteiger partial charge on any atom is -0.309 e. The van der Waals surface area contributed by atoms with Crippen molar-refractivity contribution in [1.82, 2.24) is 29.1 Å². The highest BCUT2D eigenvalue weighted by atomic mass is 15.0. The summed E-state index contributed by atoms with van der Waals surface area (Å²) in [6.45, 7) is 0. The third-order valence-corrected chi connectivity index (χ3v) is 14.3. The number of hydrogen-bond donors (Lipinski definition) is 0. The molecule has 0 spiro atoms. The minimum absolute atomic E-state index is 0.645. The SMILES string of the molecule is c1ccc(-c2nc(-c3ccccc3-n3c4ccccc4c4ccc(-c5cccnc5-c5ccccc5)cc43)cc(-c3ccccc3-n3c4ccccc4c4ccc(-c5cccnc5-c5ccccc5)cc43)n2)cc1. The van der Waals surface area contributed by atoms with E-state index in [1.165, 1.54) is 21.5 Å². The third-order valence-electron chi connectivity index (χ3n) is 14.3. The number of benzene rings is 9. The van der Waals surface area contributed by atoms with Crippen molar-refractivity contribution in [1.29, 1.82) is 0 Å². The van der Waals surface area contributed by atoms with Crippen molar-refractivity contribution in [3.05, 3.63) is 267 Å². The van der Waals surface area contributed by atoms with Gasteiger partial charge in [-0.2, -0.15) is 0 Å². The van der Waals surface area contributed by atoms with Gasteiger partial charge in [0.15, 0.2) is 5.82 Å². The molecule has 0 radical (unpaired) electrons. The second kappa shape index (κ2) is 18.0. The van der Waals surface area contributed by atoms with Crippen LogP contribution in [0.1, 0.15) is 0 Å². The zero-order chi connectivity index (χ0) is 49.0. The number of aromatic nitrogens is 6. The lowest BCUT2D eigenvalue weighted by Crippen LogP contribution is -2.02. The highest BCUT2D eigenvalue weighted by molar-refractivity contribution is 6.12. The maximum atomic E-state index is 5.47. The average Bonchev–Trinajstić information content (AvgIpc) is 4.02. The summed E-state index contributed by atoms with van der Waals surface area (Å²) in [5, 5.41) is 4.69. The van der Waals surface area contributed by atoms with Crippen molar-refractivity contribution in [2.24, 2.45) is 0 Å². The van der Waals surface area contributed by atoms with Crippen LogP contribution >= 0.6 is 0 Å². The Morgan fingerprint density at radius 1 is 0.257 bits per heavy atom. The van der Waals surface area contributed by atoms with Gasteiger partial charge in [0.1, 0.15) is 0 Å². The van der Waals surface area contributed by atoms with Gasteiger partial charge in [-0.25, -0.2) is 9.97 Å². The lowest BCUT2D eigenvalue weighted by molar-refractivity contribution is 1.14. The van der Waals surface area contributed by atoms with Gasteiger partial charge >= 0.3 is 0 Å². The first kappa shape index (κ1) is 42.8. The van der Waals surface area contributed by atoms with E-state index in [4.69, 9.17) is 19.9 Å². The lowest BCUT2D eigenvalue weighted by atomic mass is 9.98. The summed E-state index contributed by atoms with van der Waals surface area (Å²) in [6, 6.07) is 90.0. The predicted molar refractivity (Wildman–Crippen MR) is 304 cm³/mol. The van der Waals surface area contributed by atoms with E-state index in [2.05, 4.69) is 234 Å². The fraction of sp³-hybridized carbons (Fsp3) is 0. The van der Waals surface area contributed by atoms with E-state index in [9.17, 15) is 0 Å². The molecule has 5 aromatic heterocycles. The Morgan fingerprint density at radius 3 is 1.11 bits per heavy atom. The van der Waals surface area contributed by atoms with E-state index in [0.717, 1.165) is 106 Å². The zero-order valence-corrected chi connectivity index (χ0v) is 40.1. The van der Waals surface area contributed by atoms with Gasteiger partial charge < -0.3 is 9.13 Å². The number of fused-ring (bicyclic) bond motifs is 6. The molecule has 9 aromatic carbocycles. The first-order valence-corrected chi connectivity index (χ1v) is 25.0. The summed E-state index contributed by atoms with van der Waals surface area (Å²) in [5.74, 6) is 0.645. The molecular formula is C68H44N6. The Morgan fingerprint density at radius 2 is 0.635 bits per heavy atom. The molecule has 0 saturated heterocycles. The highest BCUT2D eigenvalue weighted by Gasteiger charge is 2.22. The Hall–Kier alpha value is -10.0. The smallest absolute Gasteiger partial charge is 0.160 e. The Bertz CT molecular complexity index is 4160. The first-order chi connectivity index (χ1) is 36.7. The molecule has 74 heavy (non-hydrogen) atoms. The molecule has 0 aliphatic heterocycles. The molecule has 14 aromatic rings. The Labute approximate surface area is 427 Å². The molecule has 0 N–H and O–H groups in total. The minimum atomic E-state index is 0.645. The van der Waals surface area contributed by atoms with Gasteiger partial charge in [0.05, 0.1) is 56.2 Å². The quantitative estimate of drug-likeness (QED) is 0.145. The lowest BCUT2D eigenvalue weighted by Gasteiger charge is -2.17. The maximum Gasteiger partial charge on any atom is 0.160 e. The third kappa shape index (κ3) is 7.27. The van der Waals surface area contributed by atoms with Gasteiger partial charge in [-0.3, -0.25) is 9.97 Å². The highest BCUT2D eigenvalue weighted by Crippen LogP contribution is 2.43. The van der Waals surface area contributed by atoms with Crippen molar-refractivity contribution in [2.75, 3.05) is 0 Å². The van der Waals surface area contributed by atoms with Crippen LogP contribution in [0.3, 0.4) is 0 Å². The summed E-state index contributed by atoms with van der Waals surface area (Å²) in [4.78, 5) is 20.7. The second-order valence-corrected chi connectivity index (χ2v) is 18.6. The predicted octanol–water partition coefficient (Wildman–Crippen LogP) is 17.1. The van der Waals surface area contributed by atoms with Crippen molar-refractivity contribution in [3.63, 3.8) is 0 Å². The van der Waals surface area contributed by atoms with Gasteiger partial charge in [0.2, 0.25) is 0 Å². The van der Waals surface area contributed by atoms with Gasteiger partial charge in [-0.1, -0.05) is 200 Å². The fourth-order valence-corrected chi connectivity index (χ4v) is 10.9. The number of para-hydroxylation sites is 4. The van der Waals surface area contributed by atoms with Gasteiger partial charge in [0.25, 0.3) is 0 Å². The molecule has 0 saturated carbocycles. The van der Waals surface area contributed by atoms with E-state index < -0.39 is 0 Å². The van der Waals surface area contributed by atoms with E-state index >= 15 is 0 Å². The molecule has 0 aliphatic carbocycles. The first-order valence-electron chi connectivity index (χ1n) is 25.0. The second-order valence-electron chi connectivity index (χ2n) is 18.6. The van der Waals surface area contributed by atoms with Crippen molar-refractivity contribution in [3.8, 4) is 90.0 Å². The van der Waals surface area contributed by atoms with Gasteiger partial charge in [0, 0.05) is 72.9 Å². The Balaban J connectivity index is 0.975. The van der Waals surface area contributed by atoms with Crippen LogP contribution in [0.25, 0.3) is 134 Å². The van der Waals surface area contributed by atoms with E-state index in [-0.39, 0.29) is 0 Å². The van der Waals surface area contributed by atoms with Gasteiger partial charge in [-0.05, 0) is 65.7 Å². The van der Waals surface area contributed by atoms with Crippen LogP contribution in [0.4, 0.5) is 0 Å². The van der Waals surface area contributed by atoms with Crippen LogP contribution in [0, 0.1) is 0 Å². The molecule has 0 atom stereocenters. The molecule has 0 fully saturated rings. The molecule has 6 heteroatoms. The normalized spacial score (nSPS) is 11.5. The van der Waals surface area contributed by atoms with Crippen molar-refractivity contribution in [2.45, 2.75) is 0 Å². The van der Waals surface area contributed by atoms with E-state index in [0.29, 0.717) is 5.82 Å². The molecule has 0 amide bonds. The van der Waals surface area contributed by atoms with Crippen LogP contribution in [0.5, 0.6) is 0 Å². The molecule has 0 bridgehead atoms. The molecule has 6 nitrogen and oxygen atoms in total. The molecule has 5 heterocycles. The van der Waals surface area contributed by atoms with Crippen molar-refractivity contribution >= 4 is 43.6 Å². The average molecular weight is 945 g/mol. The monoisotopic (exact) mass is 944 g/mol. The van der Waals surface area contributed by atoms with Crippen LogP contribution in [-0.4, -0.2) is 29.1 Å². The molecule has 346 valence electrons. The van der Waals surface area contributed by atoms with E-state index in [1.54, 1.807) is 0 Å².